The minimum absolute atomic E-state index is 0.264. The van der Waals surface area contributed by atoms with Gasteiger partial charge in [-0.05, 0) is 12.0 Å². The van der Waals surface area contributed by atoms with E-state index in [0.29, 0.717) is 0 Å². The lowest BCUT2D eigenvalue weighted by atomic mass is 10.2. The average Bonchev–Trinajstić information content (AvgIpc) is 2.15. The van der Waals surface area contributed by atoms with Crippen LogP contribution in [0.4, 0.5) is 4.79 Å². The monoisotopic (exact) mass is 229 g/mol. The van der Waals surface area contributed by atoms with Crippen molar-refractivity contribution < 1.29 is 17.4 Å². The molecule has 0 unspecified atom stereocenters. The maximum Gasteiger partial charge on any atom is 0.420 e. The van der Waals surface area contributed by atoms with Crippen molar-refractivity contribution in [2.24, 2.45) is 5.73 Å². The molecule has 0 aromatic heterocycles. The van der Waals surface area contributed by atoms with E-state index in [-0.39, 0.29) is 12.2 Å². The maximum absolute atomic E-state index is 11.1. The van der Waals surface area contributed by atoms with E-state index in [1.54, 1.807) is 24.3 Å². The third kappa shape index (κ3) is 4.46. The molecule has 1 aromatic rings. The Hall–Kier alpha value is -1.56. The summed E-state index contributed by atoms with van der Waals surface area (Å²) in [6, 6.07) is 9.02. The van der Waals surface area contributed by atoms with Crippen molar-refractivity contribution in [3.8, 4) is 0 Å². The van der Waals surface area contributed by atoms with Crippen LogP contribution < -0.4 is 5.73 Å². The van der Waals surface area contributed by atoms with Crippen molar-refractivity contribution >= 4 is 16.2 Å². The summed E-state index contributed by atoms with van der Waals surface area (Å²) in [5, 5.41) is 0. The van der Waals surface area contributed by atoms with E-state index in [2.05, 4.69) is 9.92 Å². The number of nitrogens with two attached hydrogens (primary N) is 1. The molecule has 0 heterocycles. The Morgan fingerprint density at radius 1 is 1.27 bits per heavy atom. The molecule has 15 heavy (non-hydrogen) atoms. The Bertz CT molecular complexity index is 427. The van der Waals surface area contributed by atoms with Gasteiger partial charge in [-0.15, -0.1) is 0 Å². The maximum atomic E-state index is 11.1. The first-order chi connectivity index (χ1) is 6.99. The smallest absolute Gasteiger partial charge is 0.334 e. The number of carbonyl (C=O) groups excluding carboxylic acids is 1. The molecular weight excluding hydrogens is 218 g/mol. The largest absolute Gasteiger partial charge is 0.420 e. The number of benzene rings is 1. The molecule has 5 nitrogen and oxygen atoms in total. The van der Waals surface area contributed by atoms with Gasteiger partial charge < -0.3 is 9.92 Å². The molecule has 1 amide bonds. The second kappa shape index (κ2) is 4.79. The van der Waals surface area contributed by atoms with E-state index in [1.165, 1.54) is 0 Å². The molecule has 0 saturated heterocycles. The SMILES string of the molecule is NC(=O)OS(=O)(=O)CCc1ccccc1. The average molecular weight is 229 g/mol. The summed E-state index contributed by atoms with van der Waals surface area (Å²) in [5.41, 5.74) is 5.46. The van der Waals surface area contributed by atoms with Crippen molar-refractivity contribution in [2.75, 3.05) is 5.75 Å². The van der Waals surface area contributed by atoms with Crippen molar-refractivity contribution in [1.82, 2.24) is 0 Å². The summed E-state index contributed by atoms with van der Waals surface area (Å²) in [7, 11) is -3.85. The molecule has 0 radical (unpaired) electrons. The lowest BCUT2D eigenvalue weighted by molar-refractivity contribution is 0.213. The van der Waals surface area contributed by atoms with Gasteiger partial charge in [-0.3, -0.25) is 0 Å². The summed E-state index contributed by atoms with van der Waals surface area (Å²) in [6.45, 7) is 0. The molecule has 0 aliphatic rings. The predicted molar refractivity (Wildman–Crippen MR) is 54.6 cm³/mol. The Labute approximate surface area is 88.0 Å². The van der Waals surface area contributed by atoms with Gasteiger partial charge in [0.25, 0.3) is 0 Å². The number of primary amides is 1. The van der Waals surface area contributed by atoms with Crippen LogP contribution in [0, 0.1) is 0 Å². The van der Waals surface area contributed by atoms with Crippen LogP contribution in [0.3, 0.4) is 0 Å². The summed E-state index contributed by atoms with van der Waals surface area (Å²) in [5.74, 6) is -0.264. The van der Waals surface area contributed by atoms with Crippen molar-refractivity contribution in [3.05, 3.63) is 35.9 Å². The third-order valence-electron chi connectivity index (χ3n) is 1.69. The van der Waals surface area contributed by atoms with Crippen molar-refractivity contribution in [1.29, 1.82) is 0 Å². The molecule has 6 heteroatoms. The molecule has 0 saturated carbocycles. The van der Waals surface area contributed by atoms with E-state index >= 15 is 0 Å². The van der Waals surface area contributed by atoms with Crippen LogP contribution in [0.15, 0.2) is 30.3 Å². The molecule has 82 valence electrons. The Morgan fingerprint density at radius 2 is 1.87 bits per heavy atom. The molecular formula is C9H11NO4S. The van der Waals surface area contributed by atoms with E-state index in [0.717, 1.165) is 5.56 Å². The van der Waals surface area contributed by atoms with Gasteiger partial charge in [0.2, 0.25) is 0 Å². The van der Waals surface area contributed by atoms with Gasteiger partial charge in [-0.1, -0.05) is 30.3 Å². The van der Waals surface area contributed by atoms with Crippen molar-refractivity contribution in [2.45, 2.75) is 6.42 Å². The summed E-state index contributed by atoms with van der Waals surface area (Å²) in [4.78, 5) is 10.2. The first-order valence-electron chi connectivity index (χ1n) is 4.25. The molecule has 0 bridgehead atoms. The first-order valence-corrected chi connectivity index (χ1v) is 5.83. The number of hydrogen-bond donors (Lipinski definition) is 1. The Kier molecular flexibility index (Phi) is 3.68. The highest BCUT2D eigenvalue weighted by Crippen LogP contribution is 2.03. The summed E-state index contributed by atoms with van der Waals surface area (Å²) in [6.07, 6.45) is -1.01. The van der Waals surface area contributed by atoms with Gasteiger partial charge in [0, 0.05) is 0 Å². The fourth-order valence-electron chi connectivity index (χ4n) is 1.05. The first kappa shape index (κ1) is 11.5. The van der Waals surface area contributed by atoms with Crippen LogP contribution in [0.2, 0.25) is 0 Å². The van der Waals surface area contributed by atoms with Crippen molar-refractivity contribution in [3.63, 3.8) is 0 Å². The highest BCUT2D eigenvalue weighted by atomic mass is 32.2. The lowest BCUT2D eigenvalue weighted by Gasteiger charge is -2.02. The molecule has 0 aliphatic heterocycles. The van der Waals surface area contributed by atoms with Gasteiger partial charge in [-0.25, -0.2) is 4.79 Å². The minimum atomic E-state index is -3.85. The number of amides is 1. The molecule has 0 aliphatic carbocycles. The highest BCUT2D eigenvalue weighted by molar-refractivity contribution is 7.87. The number of aryl methyl sites for hydroxylation is 1. The molecule has 1 aromatic carbocycles. The van der Waals surface area contributed by atoms with Crippen LogP contribution in [0.5, 0.6) is 0 Å². The number of rotatable bonds is 4. The summed E-state index contributed by atoms with van der Waals surface area (Å²) < 4.78 is 26.2. The van der Waals surface area contributed by atoms with E-state index < -0.39 is 16.2 Å². The second-order valence-electron chi connectivity index (χ2n) is 2.90. The van der Waals surface area contributed by atoms with Crippen LogP contribution in [-0.2, 0) is 20.7 Å². The second-order valence-corrected chi connectivity index (χ2v) is 4.59. The highest BCUT2D eigenvalue weighted by Gasteiger charge is 2.14. The standard InChI is InChI=1S/C9H11NO4S/c10-9(11)14-15(12,13)7-6-8-4-2-1-3-5-8/h1-5H,6-7H2,(H2,10,11). The van der Waals surface area contributed by atoms with Gasteiger partial charge in [0.1, 0.15) is 0 Å². The molecule has 0 spiro atoms. The zero-order valence-corrected chi connectivity index (χ0v) is 8.74. The molecule has 1 rings (SSSR count). The van der Waals surface area contributed by atoms with Crippen LogP contribution >= 0.6 is 0 Å². The zero-order valence-electron chi connectivity index (χ0n) is 7.92. The van der Waals surface area contributed by atoms with Crippen LogP contribution in [-0.4, -0.2) is 20.3 Å². The van der Waals surface area contributed by atoms with Gasteiger partial charge in [-0.2, -0.15) is 8.42 Å². The quantitative estimate of drug-likeness (QED) is 0.768. The topological polar surface area (TPSA) is 86.5 Å². The Morgan fingerprint density at radius 3 is 2.40 bits per heavy atom. The zero-order chi connectivity index (χ0) is 11.3. The Balaban J connectivity index is 2.54. The fourth-order valence-corrected chi connectivity index (χ4v) is 1.87. The predicted octanol–water partition coefficient (Wildman–Crippen LogP) is 0.654. The van der Waals surface area contributed by atoms with E-state index in [1.807, 2.05) is 6.07 Å². The molecule has 0 atom stereocenters. The van der Waals surface area contributed by atoms with Gasteiger partial charge in [0.05, 0.1) is 5.75 Å². The minimum Gasteiger partial charge on any atom is -0.334 e. The van der Waals surface area contributed by atoms with Crippen LogP contribution in [0.25, 0.3) is 0 Å². The summed E-state index contributed by atoms with van der Waals surface area (Å²) >= 11 is 0. The number of hydrogen-bond acceptors (Lipinski definition) is 4. The molecule has 0 fully saturated rings. The van der Waals surface area contributed by atoms with Crippen LogP contribution in [0.1, 0.15) is 5.56 Å². The molecule has 2 N–H and O–H groups in total. The normalized spacial score (nSPS) is 10.9. The van der Waals surface area contributed by atoms with E-state index in [9.17, 15) is 13.2 Å². The van der Waals surface area contributed by atoms with E-state index in [4.69, 9.17) is 0 Å². The van der Waals surface area contributed by atoms with Gasteiger partial charge >= 0.3 is 16.2 Å². The third-order valence-corrected chi connectivity index (χ3v) is 2.81. The lowest BCUT2D eigenvalue weighted by Crippen LogP contribution is -2.21. The fraction of sp³-hybridized carbons (Fsp3) is 0.222. The van der Waals surface area contributed by atoms with Gasteiger partial charge in [0.15, 0.2) is 0 Å². The number of carbonyl (C=O) groups is 1.